The molecule has 138 valence electrons. The average Bonchev–Trinajstić information content (AvgIpc) is 2.61. The van der Waals surface area contributed by atoms with Crippen molar-refractivity contribution in [1.29, 1.82) is 0 Å². The maximum Gasteiger partial charge on any atom is 0.253 e. The summed E-state index contributed by atoms with van der Waals surface area (Å²) in [6.07, 6.45) is 1.40. The molecule has 2 aromatic rings. The van der Waals surface area contributed by atoms with E-state index in [2.05, 4.69) is 9.97 Å². The van der Waals surface area contributed by atoms with Gasteiger partial charge in [0.1, 0.15) is 11.9 Å². The molecule has 1 saturated heterocycles. The van der Waals surface area contributed by atoms with Crippen LogP contribution in [0.15, 0.2) is 24.3 Å². The number of aryl methyl sites for hydroxylation is 2. The van der Waals surface area contributed by atoms with E-state index in [-0.39, 0.29) is 17.8 Å². The molecule has 26 heavy (non-hydrogen) atoms. The number of ether oxygens (including phenoxy) is 2. The highest BCUT2D eigenvalue weighted by Gasteiger charge is 2.25. The first-order chi connectivity index (χ1) is 12.5. The Labute approximate surface area is 152 Å². The van der Waals surface area contributed by atoms with E-state index >= 15 is 0 Å². The fraction of sp³-hybridized carbons (Fsp3) is 0.421. The molecule has 0 bridgehead atoms. The second-order valence-electron chi connectivity index (χ2n) is 6.35. The molecule has 1 aliphatic heterocycles. The number of benzene rings is 1. The smallest absolute Gasteiger partial charge is 0.253 e. The molecule has 6 nitrogen and oxygen atoms in total. The Kier molecular flexibility index (Phi) is 5.35. The number of methoxy groups -OCH3 is 1. The summed E-state index contributed by atoms with van der Waals surface area (Å²) in [4.78, 5) is 22.8. The molecule has 0 aliphatic carbocycles. The molecule has 0 atom stereocenters. The number of amides is 1. The normalized spacial score (nSPS) is 15.0. The van der Waals surface area contributed by atoms with E-state index in [1.54, 1.807) is 11.0 Å². The van der Waals surface area contributed by atoms with Gasteiger partial charge in [0.15, 0.2) is 11.6 Å². The minimum absolute atomic E-state index is 0.000327. The Morgan fingerprint density at radius 3 is 2.54 bits per heavy atom. The van der Waals surface area contributed by atoms with Crippen molar-refractivity contribution in [3.05, 3.63) is 47.2 Å². The summed E-state index contributed by atoms with van der Waals surface area (Å²) in [7, 11) is 1.39. The third-order valence-electron chi connectivity index (χ3n) is 4.36. The number of likely N-dealkylation sites (tertiary alicyclic amines) is 1. The van der Waals surface area contributed by atoms with Crippen LogP contribution >= 0.6 is 0 Å². The average molecular weight is 359 g/mol. The van der Waals surface area contributed by atoms with Gasteiger partial charge in [-0.3, -0.25) is 4.79 Å². The van der Waals surface area contributed by atoms with E-state index in [1.165, 1.54) is 19.2 Å². The number of rotatable bonds is 4. The van der Waals surface area contributed by atoms with Crippen molar-refractivity contribution in [3.8, 4) is 11.6 Å². The molecule has 0 radical (unpaired) electrons. The number of aromatic nitrogens is 2. The summed E-state index contributed by atoms with van der Waals surface area (Å²) in [6.45, 7) is 4.84. The van der Waals surface area contributed by atoms with Gasteiger partial charge < -0.3 is 14.4 Å². The van der Waals surface area contributed by atoms with Crippen LogP contribution in [0.3, 0.4) is 0 Å². The van der Waals surface area contributed by atoms with E-state index in [0.29, 0.717) is 43.2 Å². The van der Waals surface area contributed by atoms with Crippen molar-refractivity contribution in [3.63, 3.8) is 0 Å². The minimum atomic E-state index is -0.536. The number of halogens is 1. The maximum atomic E-state index is 13.8. The third-order valence-corrected chi connectivity index (χ3v) is 4.36. The van der Waals surface area contributed by atoms with Crippen molar-refractivity contribution in [2.45, 2.75) is 32.8 Å². The molecule has 0 spiro atoms. The summed E-state index contributed by atoms with van der Waals surface area (Å²) >= 11 is 0. The standard InChI is InChI=1S/C19H22FN3O3/c1-12-10-18(22-13(2)21-12)26-15-6-8-23(9-7-15)19(24)14-4-5-17(25-3)16(20)11-14/h4-5,10-11,15H,6-9H2,1-3H3. The van der Waals surface area contributed by atoms with Gasteiger partial charge in [-0.05, 0) is 32.0 Å². The lowest BCUT2D eigenvalue weighted by Crippen LogP contribution is -2.41. The van der Waals surface area contributed by atoms with Gasteiger partial charge >= 0.3 is 0 Å². The summed E-state index contributed by atoms with van der Waals surface area (Å²) in [5.74, 6) is 0.653. The quantitative estimate of drug-likeness (QED) is 0.840. The summed E-state index contributed by atoms with van der Waals surface area (Å²) in [5.41, 5.74) is 1.19. The van der Waals surface area contributed by atoms with Gasteiger partial charge in [0.2, 0.25) is 5.88 Å². The highest BCUT2D eigenvalue weighted by atomic mass is 19.1. The first-order valence-electron chi connectivity index (χ1n) is 8.58. The van der Waals surface area contributed by atoms with Crippen molar-refractivity contribution in [1.82, 2.24) is 14.9 Å². The van der Waals surface area contributed by atoms with Gasteiger partial charge in [-0.1, -0.05) is 0 Å². The second-order valence-corrected chi connectivity index (χ2v) is 6.35. The Morgan fingerprint density at radius 1 is 1.19 bits per heavy atom. The van der Waals surface area contributed by atoms with Crippen LogP contribution < -0.4 is 9.47 Å². The zero-order valence-electron chi connectivity index (χ0n) is 15.2. The van der Waals surface area contributed by atoms with Gasteiger partial charge in [-0.25, -0.2) is 9.37 Å². The minimum Gasteiger partial charge on any atom is -0.494 e. The highest BCUT2D eigenvalue weighted by Crippen LogP contribution is 2.22. The van der Waals surface area contributed by atoms with Crippen LogP contribution in [0, 0.1) is 19.7 Å². The number of hydrogen-bond donors (Lipinski definition) is 0. The first-order valence-corrected chi connectivity index (χ1v) is 8.58. The molecule has 7 heteroatoms. The van der Waals surface area contributed by atoms with E-state index in [0.717, 1.165) is 5.69 Å². The molecule has 0 unspecified atom stereocenters. The molecule has 1 amide bonds. The molecule has 1 aromatic heterocycles. The molecule has 1 fully saturated rings. The van der Waals surface area contributed by atoms with Gasteiger partial charge in [0, 0.05) is 43.3 Å². The van der Waals surface area contributed by atoms with Gasteiger partial charge in [-0.2, -0.15) is 4.98 Å². The lowest BCUT2D eigenvalue weighted by Gasteiger charge is -2.32. The molecular formula is C19H22FN3O3. The van der Waals surface area contributed by atoms with Crippen LogP contribution in [0.25, 0.3) is 0 Å². The van der Waals surface area contributed by atoms with Crippen LogP contribution in [0.5, 0.6) is 11.6 Å². The van der Waals surface area contributed by atoms with Crippen molar-refractivity contribution in [2.24, 2.45) is 0 Å². The molecule has 1 aliphatic rings. The van der Waals surface area contributed by atoms with E-state index in [4.69, 9.17) is 9.47 Å². The van der Waals surface area contributed by atoms with Crippen LogP contribution in [-0.4, -0.2) is 47.1 Å². The predicted octanol–water partition coefficient (Wildman–Crippen LogP) is 2.92. The molecule has 3 rings (SSSR count). The van der Waals surface area contributed by atoms with Crippen molar-refractivity contribution >= 4 is 5.91 Å². The van der Waals surface area contributed by atoms with Crippen LogP contribution in [-0.2, 0) is 0 Å². The zero-order chi connectivity index (χ0) is 18.7. The van der Waals surface area contributed by atoms with Gasteiger partial charge in [0.05, 0.1) is 7.11 Å². The van der Waals surface area contributed by atoms with Crippen LogP contribution in [0.2, 0.25) is 0 Å². The van der Waals surface area contributed by atoms with Crippen molar-refractivity contribution < 1.29 is 18.7 Å². The molecule has 0 N–H and O–H groups in total. The number of carbonyl (C=O) groups excluding carboxylic acids is 1. The van der Waals surface area contributed by atoms with Crippen molar-refractivity contribution in [2.75, 3.05) is 20.2 Å². The first kappa shape index (κ1) is 18.1. The number of hydrogen-bond acceptors (Lipinski definition) is 5. The molecule has 1 aromatic carbocycles. The lowest BCUT2D eigenvalue weighted by molar-refractivity contribution is 0.0587. The van der Waals surface area contributed by atoms with Crippen LogP contribution in [0.4, 0.5) is 4.39 Å². The molecule has 0 saturated carbocycles. The topological polar surface area (TPSA) is 64.5 Å². The maximum absolute atomic E-state index is 13.8. The fourth-order valence-electron chi connectivity index (χ4n) is 3.07. The Bertz CT molecular complexity index is 784. The Hall–Kier alpha value is -2.70. The summed E-state index contributed by atoms with van der Waals surface area (Å²) < 4.78 is 24.6. The van der Waals surface area contributed by atoms with E-state index in [1.807, 2.05) is 19.9 Å². The summed E-state index contributed by atoms with van der Waals surface area (Å²) in [6, 6.07) is 6.08. The Balaban J connectivity index is 1.59. The number of piperidine rings is 1. The third kappa shape index (κ3) is 4.09. The number of nitrogens with zero attached hydrogens (tertiary/aromatic N) is 3. The zero-order valence-corrected chi connectivity index (χ0v) is 15.2. The van der Waals surface area contributed by atoms with E-state index < -0.39 is 5.82 Å². The largest absolute Gasteiger partial charge is 0.494 e. The van der Waals surface area contributed by atoms with Gasteiger partial charge in [-0.15, -0.1) is 0 Å². The molecular weight excluding hydrogens is 337 g/mol. The fourth-order valence-corrected chi connectivity index (χ4v) is 3.07. The van der Waals surface area contributed by atoms with E-state index in [9.17, 15) is 9.18 Å². The second kappa shape index (κ2) is 7.68. The highest BCUT2D eigenvalue weighted by molar-refractivity contribution is 5.94. The SMILES string of the molecule is COc1ccc(C(=O)N2CCC(Oc3cc(C)nc(C)n3)CC2)cc1F. The predicted molar refractivity (Wildman–Crippen MR) is 94.0 cm³/mol. The van der Waals surface area contributed by atoms with Gasteiger partial charge in [0.25, 0.3) is 5.91 Å². The monoisotopic (exact) mass is 359 g/mol. The van der Waals surface area contributed by atoms with Crippen LogP contribution in [0.1, 0.15) is 34.7 Å². The number of carbonyl (C=O) groups is 1. The molecule has 2 heterocycles. The Morgan fingerprint density at radius 2 is 1.92 bits per heavy atom. The summed E-state index contributed by atoms with van der Waals surface area (Å²) in [5, 5.41) is 0. The lowest BCUT2D eigenvalue weighted by atomic mass is 10.1.